The third-order valence-electron chi connectivity index (χ3n) is 5.22. The zero-order chi connectivity index (χ0) is 19.5. The van der Waals surface area contributed by atoms with E-state index in [1.54, 1.807) is 11.3 Å². The molecular formula is C22H24N2O3S. The smallest absolute Gasteiger partial charge is 0.307 e. The minimum Gasteiger partial charge on any atom is -0.494 e. The van der Waals surface area contributed by atoms with Crippen LogP contribution in [-0.2, 0) is 4.79 Å². The van der Waals surface area contributed by atoms with Crippen LogP contribution < -0.4 is 4.74 Å². The Bertz CT molecular complexity index is 938. The molecule has 1 aliphatic rings. The van der Waals surface area contributed by atoms with Gasteiger partial charge in [0.15, 0.2) is 0 Å². The summed E-state index contributed by atoms with van der Waals surface area (Å²) >= 11 is 1.67. The van der Waals surface area contributed by atoms with Gasteiger partial charge in [0.1, 0.15) is 10.8 Å². The molecule has 1 N–H and O–H groups in total. The van der Waals surface area contributed by atoms with Crippen molar-refractivity contribution >= 4 is 27.5 Å². The average molecular weight is 397 g/mol. The largest absolute Gasteiger partial charge is 0.494 e. The van der Waals surface area contributed by atoms with Gasteiger partial charge in [0.05, 0.1) is 28.8 Å². The maximum Gasteiger partial charge on any atom is 0.307 e. The Morgan fingerprint density at radius 2 is 2.07 bits per heavy atom. The molecular weight excluding hydrogens is 372 g/mol. The fraction of sp³-hybridized carbons (Fsp3) is 0.364. The van der Waals surface area contributed by atoms with E-state index in [1.807, 2.05) is 43.3 Å². The van der Waals surface area contributed by atoms with E-state index in [0.717, 1.165) is 45.9 Å². The molecule has 0 saturated carbocycles. The van der Waals surface area contributed by atoms with E-state index in [-0.39, 0.29) is 12.0 Å². The number of hydrogen-bond acceptors (Lipinski definition) is 5. The second-order valence-electron chi connectivity index (χ2n) is 7.07. The zero-order valence-electron chi connectivity index (χ0n) is 15.9. The molecule has 2 aromatic carbocycles. The van der Waals surface area contributed by atoms with Crippen LogP contribution in [0, 0.1) is 5.92 Å². The highest BCUT2D eigenvalue weighted by Gasteiger charge is 2.34. The lowest BCUT2D eigenvalue weighted by atomic mass is 9.94. The van der Waals surface area contributed by atoms with Crippen molar-refractivity contribution in [3.63, 3.8) is 0 Å². The van der Waals surface area contributed by atoms with Crippen LogP contribution in [0.25, 0.3) is 10.2 Å². The number of carboxylic acids is 1. The van der Waals surface area contributed by atoms with Crippen LogP contribution in [0.4, 0.5) is 0 Å². The number of nitrogens with zero attached hydrogens (tertiary/aromatic N) is 2. The number of benzene rings is 2. The monoisotopic (exact) mass is 396 g/mol. The molecule has 0 aliphatic carbocycles. The minimum atomic E-state index is -0.717. The van der Waals surface area contributed by atoms with Crippen LogP contribution >= 0.6 is 11.3 Å². The van der Waals surface area contributed by atoms with Crippen molar-refractivity contribution in [2.24, 2.45) is 5.92 Å². The summed E-state index contributed by atoms with van der Waals surface area (Å²) in [6.07, 6.45) is 1.60. The number of aromatic nitrogens is 1. The van der Waals surface area contributed by atoms with Crippen molar-refractivity contribution in [3.05, 3.63) is 59.1 Å². The Labute approximate surface area is 168 Å². The molecule has 1 aromatic heterocycles. The molecule has 6 heteroatoms. The predicted molar refractivity (Wildman–Crippen MR) is 111 cm³/mol. The SMILES string of the molecule is CCOc1ccccc1C(c1nc2ccccc2s1)N1CCCC(C(=O)O)C1. The number of fused-ring (bicyclic) bond motifs is 1. The summed E-state index contributed by atoms with van der Waals surface area (Å²) in [7, 11) is 0. The maximum atomic E-state index is 11.6. The third-order valence-corrected chi connectivity index (χ3v) is 6.31. The van der Waals surface area contributed by atoms with Gasteiger partial charge in [-0.3, -0.25) is 9.69 Å². The van der Waals surface area contributed by atoms with Crippen LogP contribution in [0.1, 0.15) is 36.4 Å². The molecule has 1 aliphatic heterocycles. The molecule has 2 atom stereocenters. The summed E-state index contributed by atoms with van der Waals surface area (Å²) in [6, 6.07) is 16.1. The topological polar surface area (TPSA) is 62.7 Å². The summed E-state index contributed by atoms with van der Waals surface area (Å²) in [6.45, 7) is 3.94. The summed E-state index contributed by atoms with van der Waals surface area (Å²) in [4.78, 5) is 18.8. The quantitative estimate of drug-likeness (QED) is 0.661. The van der Waals surface area contributed by atoms with Gasteiger partial charge in [0.2, 0.25) is 0 Å². The van der Waals surface area contributed by atoms with Crippen LogP contribution in [0.3, 0.4) is 0 Å². The number of rotatable bonds is 6. The van der Waals surface area contributed by atoms with Gasteiger partial charge in [-0.15, -0.1) is 11.3 Å². The molecule has 1 fully saturated rings. The van der Waals surface area contributed by atoms with Crippen molar-refractivity contribution < 1.29 is 14.6 Å². The van der Waals surface area contributed by atoms with Crippen LogP contribution in [-0.4, -0.2) is 40.7 Å². The summed E-state index contributed by atoms with van der Waals surface area (Å²) in [5.74, 6) is -0.220. The summed E-state index contributed by atoms with van der Waals surface area (Å²) < 4.78 is 7.05. The minimum absolute atomic E-state index is 0.109. The molecule has 1 saturated heterocycles. The highest BCUT2D eigenvalue weighted by molar-refractivity contribution is 7.18. The molecule has 3 aromatic rings. The number of ether oxygens (including phenoxy) is 1. The Morgan fingerprint density at radius 3 is 2.86 bits per heavy atom. The molecule has 4 rings (SSSR count). The van der Waals surface area contributed by atoms with Crippen LogP contribution in [0.5, 0.6) is 5.75 Å². The van der Waals surface area contributed by atoms with E-state index in [2.05, 4.69) is 17.0 Å². The number of para-hydroxylation sites is 2. The Morgan fingerprint density at radius 1 is 1.29 bits per heavy atom. The summed E-state index contributed by atoms with van der Waals surface area (Å²) in [5, 5.41) is 10.6. The normalized spacial score (nSPS) is 18.8. The first kappa shape index (κ1) is 18.9. The molecule has 0 bridgehead atoms. The average Bonchev–Trinajstić information content (AvgIpc) is 3.13. The second-order valence-corrected chi connectivity index (χ2v) is 8.13. The van der Waals surface area contributed by atoms with Crippen molar-refractivity contribution in [2.45, 2.75) is 25.8 Å². The molecule has 2 unspecified atom stereocenters. The standard InChI is InChI=1S/C22H24N2O3S/c1-2-27-18-11-5-3-9-16(18)20(24-13-7-8-15(14-24)22(25)26)21-23-17-10-4-6-12-19(17)28-21/h3-6,9-12,15,20H,2,7-8,13-14H2,1H3,(H,25,26). The third kappa shape index (κ3) is 3.75. The molecule has 0 amide bonds. The van der Waals surface area contributed by atoms with Crippen molar-refractivity contribution in [1.82, 2.24) is 9.88 Å². The highest BCUT2D eigenvalue weighted by atomic mass is 32.1. The molecule has 28 heavy (non-hydrogen) atoms. The van der Waals surface area contributed by atoms with E-state index < -0.39 is 5.97 Å². The summed E-state index contributed by atoms with van der Waals surface area (Å²) in [5.41, 5.74) is 2.03. The predicted octanol–water partition coefficient (Wildman–Crippen LogP) is 4.58. The number of carboxylic acid groups (broad SMARTS) is 1. The van der Waals surface area contributed by atoms with Crippen molar-refractivity contribution in [2.75, 3.05) is 19.7 Å². The molecule has 0 spiro atoms. The van der Waals surface area contributed by atoms with Crippen molar-refractivity contribution in [3.8, 4) is 5.75 Å². The maximum absolute atomic E-state index is 11.6. The Balaban J connectivity index is 1.80. The van der Waals surface area contributed by atoms with Gasteiger partial charge in [0.25, 0.3) is 0 Å². The van der Waals surface area contributed by atoms with Gasteiger partial charge in [-0.1, -0.05) is 30.3 Å². The number of likely N-dealkylation sites (tertiary alicyclic amines) is 1. The van der Waals surface area contributed by atoms with Gasteiger partial charge >= 0.3 is 5.97 Å². The molecule has 146 valence electrons. The lowest BCUT2D eigenvalue weighted by Crippen LogP contribution is -2.41. The molecule has 5 nitrogen and oxygen atoms in total. The first-order valence-corrected chi connectivity index (χ1v) is 10.5. The lowest BCUT2D eigenvalue weighted by Gasteiger charge is -2.36. The number of piperidine rings is 1. The molecule has 2 heterocycles. The number of aliphatic carboxylic acids is 1. The first-order chi connectivity index (χ1) is 13.7. The van der Waals surface area contributed by atoms with Gasteiger partial charge in [0, 0.05) is 12.1 Å². The number of hydrogen-bond donors (Lipinski definition) is 1. The Hall–Kier alpha value is -2.44. The first-order valence-electron chi connectivity index (χ1n) is 9.71. The van der Waals surface area contributed by atoms with E-state index in [1.165, 1.54) is 0 Å². The second kappa shape index (κ2) is 8.29. The fourth-order valence-corrected chi connectivity index (χ4v) is 5.05. The van der Waals surface area contributed by atoms with Crippen LogP contribution in [0.2, 0.25) is 0 Å². The Kier molecular flexibility index (Phi) is 5.59. The lowest BCUT2D eigenvalue weighted by molar-refractivity contribution is -0.143. The van der Waals surface area contributed by atoms with E-state index >= 15 is 0 Å². The fourth-order valence-electron chi connectivity index (χ4n) is 3.93. The van der Waals surface area contributed by atoms with Crippen LogP contribution in [0.15, 0.2) is 48.5 Å². The van der Waals surface area contributed by atoms with Gasteiger partial charge in [-0.2, -0.15) is 0 Å². The van der Waals surface area contributed by atoms with Gasteiger partial charge < -0.3 is 9.84 Å². The van der Waals surface area contributed by atoms with Crippen molar-refractivity contribution in [1.29, 1.82) is 0 Å². The highest BCUT2D eigenvalue weighted by Crippen LogP contribution is 2.40. The van der Waals surface area contributed by atoms with E-state index in [9.17, 15) is 9.90 Å². The van der Waals surface area contributed by atoms with Gasteiger partial charge in [-0.25, -0.2) is 4.98 Å². The molecule has 0 radical (unpaired) electrons. The van der Waals surface area contributed by atoms with E-state index in [0.29, 0.717) is 13.2 Å². The number of carbonyl (C=O) groups is 1. The van der Waals surface area contributed by atoms with E-state index in [4.69, 9.17) is 9.72 Å². The zero-order valence-corrected chi connectivity index (χ0v) is 16.7. The van der Waals surface area contributed by atoms with Gasteiger partial charge in [-0.05, 0) is 44.5 Å². The number of thiazole rings is 1.